The van der Waals surface area contributed by atoms with Gasteiger partial charge in [-0.25, -0.2) is 9.37 Å². The highest BCUT2D eigenvalue weighted by Crippen LogP contribution is 2.33. The SMILES string of the molecule is CCCc1nc(C(=O)N2CCOC3(CCN(Cc4cc(F)cc(CCNC[C@H](O)c5ccc(O)c6[nH]c(=O)sc56)c4)CC3)C2)cs1. The Morgan fingerprint density at radius 2 is 2.00 bits per heavy atom. The molecule has 2 aromatic heterocycles. The summed E-state index contributed by atoms with van der Waals surface area (Å²) in [6.07, 6.45) is 3.21. The molecule has 1 amide bonds. The Bertz CT molecular complexity index is 1730. The number of piperidine rings is 1. The van der Waals surface area contributed by atoms with Crippen molar-refractivity contribution in [1.29, 1.82) is 0 Å². The molecular weight excluding hydrogens is 630 g/mol. The Labute approximate surface area is 274 Å². The minimum Gasteiger partial charge on any atom is -0.506 e. The molecule has 0 radical (unpaired) electrons. The molecule has 2 aliphatic heterocycles. The van der Waals surface area contributed by atoms with Crippen molar-refractivity contribution in [2.75, 3.05) is 45.9 Å². The number of rotatable bonds is 11. The molecule has 2 fully saturated rings. The van der Waals surface area contributed by atoms with Crippen LogP contribution in [0.25, 0.3) is 10.2 Å². The number of phenolic OH excluding ortho intramolecular Hbond substituents is 1. The summed E-state index contributed by atoms with van der Waals surface area (Å²) >= 11 is 2.50. The molecule has 46 heavy (non-hydrogen) atoms. The summed E-state index contributed by atoms with van der Waals surface area (Å²) in [4.78, 5) is 36.0. The normalized spacial score (nSPS) is 17.6. The molecule has 0 saturated carbocycles. The van der Waals surface area contributed by atoms with E-state index in [9.17, 15) is 24.2 Å². The summed E-state index contributed by atoms with van der Waals surface area (Å²) in [5.74, 6) is -0.322. The van der Waals surface area contributed by atoms with E-state index in [0.717, 1.165) is 66.2 Å². The number of carbonyl (C=O) groups excluding carboxylic acids is 1. The van der Waals surface area contributed by atoms with Crippen molar-refractivity contribution >= 4 is 38.8 Å². The Morgan fingerprint density at radius 3 is 2.80 bits per heavy atom. The van der Waals surface area contributed by atoms with E-state index in [2.05, 4.69) is 27.1 Å². The number of phenols is 1. The first kappa shape index (κ1) is 32.7. The van der Waals surface area contributed by atoms with Crippen LogP contribution in [0.3, 0.4) is 0 Å². The van der Waals surface area contributed by atoms with E-state index in [0.29, 0.717) is 60.7 Å². The summed E-state index contributed by atoms with van der Waals surface area (Å²) in [5.41, 5.74) is 2.85. The smallest absolute Gasteiger partial charge is 0.305 e. The highest BCUT2D eigenvalue weighted by Gasteiger charge is 2.41. The van der Waals surface area contributed by atoms with E-state index in [1.165, 1.54) is 6.07 Å². The number of morpholine rings is 1. The number of amides is 1. The first-order valence-electron chi connectivity index (χ1n) is 15.8. The quantitative estimate of drug-likeness (QED) is 0.175. The third-order valence-corrected chi connectivity index (χ3v) is 10.7. The van der Waals surface area contributed by atoms with Crippen LogP contribution in [0.5, 0.6) is 5.75 Å². The lowest BCUT2D eigenvalue weighted by Gasteiger charge is -2.47. The number of ether oxygens (including phenoxy) is 1. The Hall–Kier alpha value is -3.20. The second kappa shape index (κ2) is 14.3. The van der Waals surface area contributed by atoms with Gasteiger partial charge in [0.15, 0.2) is 0 Å². The monoisotopic (exact) mass is 669 g/mol. The molecule has 6 rings (SSSR count). The summed E-state index contributed by atoms with van der Waals surface area (Å²) in [6.45, 7) is 6.76. The number of aromatic nitrogens is 2. The molecule has 13 heteroatoms. The average molecular weight is 670 g/mol. The number of benzene rings is 2. The molecular formula is C33H40FN5O5S2. The highest BCUT2D eigenvalue weighted by molar-refractivity contribution is 7.16. The molecule has 1 atom stereocenters. The second-order valence-corrected chi connectivity index (χ2v) is 14.2. The summed E-state index contributed by atoms with van der Waals surface area (Å²) in [7, 11) is 0. The number of aliphatic hydroxyl groups excluding tert-OH is 1. The molecule has 4 N–H and O–H groups in total. The fourth-order valence-corrected chi connectivity index (χ4v) is 8.23. The van der Waals surface area contributed by atoms with Crippen molar-refractivity contribution in [3.8, 4) is 5.75 Å². The number of halogens is 1. The van der Waals surface area contributed by atoms with Crippen molar-refractivity contribution in [1.82, 2.24) is 25.1 Å². The molecule has 2 aliphatic rings. The number of likely N-dealkylation sites (tertiary alicyclic amines) is 1. The number of fused-ring (bicyclic) bond motifs is 1. The number of thiazole rings is 2. The van der Waals surface area contributed by atoms with Crippen molar-refractivity contribution in [2.24, 2.45) is 0 Å². The zero-order valence-electron chi connectivity index (χ0n) is 25.9. The molecule has 2 saturated heterocycles. The highest BCUT2D eigenvalue weighted by atomic mass is 32.1. The van der Waals surface area contributed by atoms with Crippen LogP contribution in [0, 0.1) is 5.82 Å². The standard InChI is InChI=1S/C33H40FN5O5S2/c1-2-3-28-36-25(19-45-28)31(42)39-12-13-44-33(20-39)7-10-38(11-8-33)18-22-14-21(15-23(34)16-22)6-9-35-17-27(41)24-4-5-26(40)29-30(24)46-32(43)37-29/h4-5,14-16,19,27,35,40-41H,2-3,6-13,17-18,20H2,1H3,(H,37,43)/t27-/m0/s1. The largest absolute Gasteiger partial charge is 0.506 e. The number of H-pyrrole nitrogens is 1. The molecule has 4 aromatic rings. The number of aromatic hydroxyl groups is 1. The number of carbonyl (C=O) groups is 1. The fourth-order valence-electron chi connectivity index (χ4n) is 6.43. The van der Waals surface area contributed by atoms with Gasteiger partial charge in [0, 0.05) is 43.7 Å². The molecule has 246 valence electrons. The summed E-state index contributed by atoms with van der Waals surface area (Å²) in [5, 5.41) is 26.8. The van der Waals surface area contributed by atoms with Gasteiger partial charge in [0.2, 0.25) is 0 Å². The zero-order valence-corrected chi connectivity index (χ0v) is 27.5. The number of aromatic amines is 1. The van der Waals surface area contributed by atoms with Gasteiger partial charge in [0.25, 0.3) is 5.91 Å². The molecule has 0 bridgehead atoms. The molecule has 4 heterocycles. The predicted octanol–water partition coefficient (Wildman–Crippen LogP) is 4.22. The first-order chi connectivity index (χ1) is 22.2. The summed E-state index contributed by atoms with van der Waals surface area (Å²) in [6, 6.07) is 8.25. The van der Waals surface area contributed by atoms with Gasteiger partial charge in [-0.3, -0.25) is 14.5 Å². The van der Waals surface area contributed by atoms with Gasteiger partial charge in [-0.1, -0.05) is 30.4 Å². The van der Waals surface area contributed by atoms with Crippen LogP contribution in [-0.4, -0.2) is 87.4 Å². The first-order valence-corrected chi connectivity index (χ1v) is 17.5. The van der Waals surface area contributed by atoms with Gasteiger partial charge in [-0.2, -0.15) is 0 Å². The van der Waals surface area contributed by atoms with Crippen LogP contribution in [0.4, 0.5) is 4.39 Å². The third kappa shape index (κ3) is 7.50. The maximum Gasteiger partial charge on any atom is 0.305 e. The van der Waals surface area contributed by atoms with Gasteiger partial charge >= 0.3 is 4.87 Å². The third-order valence-electron chi connectivity index (χ3n) is 8.84. The van der Waals surface area contributed by atoms with Crippen LogP contribution < -0.4 is 10.2 Å². The average Bonchev–Trinajstić information content (AvgIpc) is 3.67. The zero-order chi connectivity index (χ0) is 32.3. The lowest BCUT2D eigenvalue weighted by molar-refractivity contribution is -0.128. The Balaban J connectivity index is 0.986. The number of hydrogen-bond donors (Lipinski definition) is 4. The van der Waals surface area contributed by atoms with E-state index < -0.39 is 6.10 Å². The van der Waals surface area contributed by atoms with Gasteiger partial charge in [-0.05, 0) is 68.0 Å². The minimum atomic E-state index is -0.871. The van der Waals surface area contributed by atoms with Crippen molar-refractivity contribution in [2.45, 2.75) is 57.3 Å². The number of aliphatic hydroxyl groups is 1. The fraction of sp³-hybridized carbons (Fsp3) is 0.485. The van der Waals surface area contributed by atoms with Crippen LogP contribution in [0.1, 0.15) is 64.5 Å². The minimum absolute atomic E-state index is 0.0170. The van der Waals surface area contributed by atoms with E-state index in [1.807, 2.05) is 16.3 Å². The van der Waals surface area contributed by atoms with Crippen LogP contribution in [0.2, 0.25) is 0 Å². The van der Waals surface area contributed by atoms with Gasteiger partial charge < -0.3 is 30.2 Å². The lowest BCUT2D eigenvalue weighted by atomic mass is 9.89. The lowest BCUT2D eigenvalue weighted by Crippen LogP contribution is -2.58. The maximum atomic E-state index is 14.6. The number of nitrogens with one attached hydrogen (secondary N) is 2. The van der Waals surface area contributed by atoms with E-state index >= 15 is 0 Å². The molecule has 10 nitrogen and oxygen atoms in total. The van der Waals surface area contributed by atoms with Crippen molar-refractivity contribution < 1.29 is 24.1 Å². The predicted molar refractivity (Wildman–Crippen MR) is 177 cm³/mol. The molecule has 2 aromatic carbocycles. The van der Waals surface area contributed by atoms with Crippen LogP contribution in [-0.2, 0) is 24.1 Å². The van der Waals surface area contributed by atoms with Gasteiger partial charge in [-0.15, -0.1) is 11.3 Å². The van der Waals surface area contributed by atoms with Crippen molar-refractivity contribution in [3.63, 3.8) is 0 Å². The van der Waals surface area contributed by atoms with Crippen LogP contribution >= 0.6 is 22.7 Å². The molecule has 0 aliphatic carbocycles. The van der Waals surface area contributed by atoms with E-state index in [4.69, 9.17) is 4.74 Å². The number of nitrogens with zero attached hydrogens (tertiary/aromatic N) is 3. The summed E-state index contributed by atoms with van der Waals surface area (Å²) < 4.78 is 21.4. The molecule has 0 unspecified atom stereocenters. The van der Waals surface area contributed by atoms with Crippen molar-refractivity contribution in [3.05, 3.63) is 78.6 Å². The van der Waals surface area contributed by atoms with Crippen LogP contribution in [0.15, 0.2) is 40.5 Å². The molecule has 1 spiro atoms. The van der Waals surface area contributed by atoms with Gasteiger partial charge in [0.1, 0.15) is 22.8 Å². The topological polar surface area (TPSA) is 131 Å². The number of aryl methyl sites for hydroxylation is 1. The Morgan fingerprint density at radius 1 is 1.20 bits per heavy atom. The Kier molecular flexibility index (Phi) is 10.2. The maximum absolute atomic E-state index is 14.6. The van der Waals surface area contributed by atoms with E-state index in [1.54, 1.807) is 29.5 Å². The number of hydrogen-bond acceptors (Lipinski definition) is 10. The second-order valence-electron chi connectivity index (χ2n) is 12.2. The van der Waals surface area contributed by atoms with Gasteiger partial charge in [0.05, 0.1) is 34.6 Å². The van der Waals surface area contributed by atoms with E-state index in [-0.39, 0.29) is 34.5 Å².